The predicted molar refractivity (Wildman–Crippen MR) is 111 cm³/mol. The van der Waals surface area contributed by atoms with Crippen LogP contribution < -0.4 is 9.47 Å². The molecule has 0 amide bonds. The van der Waals surface area contributed by atoms with Gasteiger partial charge in [-0.05, 0) is 73.9 Å². The van der Waals surface area contributed by atoms with Crippen molar-refractivity contribution in [3.63, 3.8) is 0 Å². The summed E-state index contributed by atoms with van der Waals surface area (Å²) in [5, 5.41) is 0. The van der Waals surface area contributed by atoms with Crippen molar-refractivity contribution in [2.24, 2.45) is 4.99 Å². The van der Waals surface area contributed by atoms with Crippen LogP contribution in [0.4, 0.5) is 5.69 Å². The Morgan fingerprint density at radius 1 is 0.778 bits per heavy atom. The maximum Gasteiger partial charge on any atom is 0.222 e. The van der Waals surface area contributed by atoms with E-state index in [1.54, 1.807) is 12.3 Å². The Morgan fingerprint density at radius 3 is 2.30 bits per heavy atom. The molecule has 0 spiro atoms. The fourth-order valence-corrected chi connectivity index (χ4v) is 2.49. The summed E-state index contributed by atoms with van der Waals surface area (Å²) in [7, 11) is 0. The summed E-state index contributed by atoms with van der Waals surface area (Å²) in [6, 6.07) is 23.5. The van der Waals surface area contributed by atoms with Gasteiger partial charge >= 0.3 is 0 Å². The molecule has 0 aliphatic rings. The monoisotopic (exact) mass is 357 g/mol. The molecule has 3 aromatic carbocycles. The lowest BCUT2D eigenvalue weighted by molar-refractivity contribution is 0.479. The zero-order valence-electron chi connectivity index (χ0n) is 15.8. The summed E-state index contributed by atoms with van der Waals surface area (Å²) in [6.07, 6.45) is 3.32. The SMILES string of the molecule is Cc1cccc(OC(/C=C/Oc2ccccc2)=N\c2ccc(C)c(C)c2)c1. The first-order valence-corrected chi connectivity index (χ1v) is 8.89. The molecular formula is C24H23NO2. The lowest BCUT2D eigenvalue weighted by atomic mass is 10.1. The van der Waals surface area contributed by atoms with Crippen LogP contribution in [0.3, 0.4) is 0 Å². The molecule has 0 aromatic heterocycles. The second-order valence-electron chi connectivity index (χ2n) is 6.37. The summed E-state index contributed by atoms with van der Waals surface area (Å²) in [5.41, 5.74) is 4.39. The maximum atomic E-state index is 5.99. The Hall–Kier alpha value is -3.33. The third-order valence-electron chi connectivity index (χ3n) is 4.10. The van der Waals surface area contributed by atoms with Crippen molar-refractivity contribution in [1.29, 1.82) is 0 Å². The molecule has 0 fully saturated rings. The van der Waals surface area contributed by atoms with Gasteiger partial charge in [-0.25, -0.2) is 4.99 Å². The number of aryl methyl sites for hydroxylation is 3. The van der Waals surface area contributed by atoms with Gasteiger partial charge in [0, 0.05) is 6.08 Å². The lowest BCUT2D eigenvalue weighted by Crippen LogP contribution is -2.05. The normalized spacial score (nSPS) is 11.6. The zero-order chi connectivity index (χ0) is 19.1. The van der Waals surface area contributed by atoms with E-state index in [4.69, 9.17) is 9.47 Å². The average Bonchev–Trinajstić information content (AvgIpc) is 2.65. The highest BCUT2D eigenvalue weighted by molar-refractivity contribution is 5.91. The number of rotatable bonds is 5. The molecule has 0 heterocycles. The fourth-order valence-electron chi connectivity index (χ4n) is 2.49. The minimum atomic E-state index is 0.458. The third kappa shape index (κ3) is 5.58. The summed E-state index contributed by atoms with van der Waals surface area (Å²) < 4.78 is 11.6. The van der Waals surface area contributed by atoms with Crippen molar-refractivity contribution >= 4 is 11.6 Å². The van der Waals surface area contributed by atoms with Gasteiger partial charge in [-0.3, -0.25) is 0 Å². The number of nitrogens with zero attached hydrogens (tertiary/aromatic N) is 1. The molecular weight excluding hydrogens is 334 g/mol. The minimum Gasteiger partial charge on any atom is -0.465 e. The first kappa shape index (κ1) is 18.5. The summed E-state index contributed by atoms with van der Waals surface area (Å²) in [5.74, 6) is 1.96. The van der Waals surface area contributed by atoms with Crippen molar-refractivity contribution in [3.05, 3.63) is 102 Å². The first-order chi connectivity index (χ1) is 13.1. The number of hydrogen-bond donors (Lipinski definition) is 0. The van der Waals surface area contributed by atoms with E-state index in [0.29, 0.717) is 5.90 Å². The third-order valence-corrected chi connectivity index (χ3v) is 4.10. The molecule has 0 saturated heterocycles. The molecule has 0 aliphatic heterocycles. The Labute approximate surface area is 160 Å². The van der Waals surface area contributed by atoms with E-state index in [2.05, 4.69) is 24.9 Å². The van der Waals surface area contributed by atoms with Crippen LogP contribution in [-0.4, -0.2) is 5.90 Å². The molecule has 0 N–H and O–H groups in total. The van der Waals surface area contributed by atoms with E-state index in [1.165, 1.54) is 11.1 Å². The number of ether oxygens (including phenoxy) is 2. The largest absolute Gasteiger partial charge is 0.465 e. The van der Waals surface area contributed by atoms with E-state index in [1.807, 2.05) is 73.7 Å². The van der Waals surface area contributed by atoms with Crippen molar-refractivity contribution in [1.82, 2.24) is 0 Å². The maximum absolute atomic E-state index is 5.99. The number of benzene rings is 3. The quantitative estimate of drug-likeness (QED) is 0.304. The standard InChI is InChI=1S/C24H23NO2/c1-18-8-7-11-23(16-18)27-24(14-15-26-22-9-5-4-6-10-22)25-21-13-12-19(2)20(3)17-21/h4-17H,1-3H3/b15-14+,25-24-. The van der Waals surface area contributed by atoms with Gasteiger partial charge in [0.05, 0.1) is 11.9 Å². The van der Waals surface area contributed by atoms with Crippen LogP contribution in [0.1, 0.15) is 16.7 Å². The van der Waals surface area contributed by atoms with E-state index in [-0.39, 0.29) is 0 Å². The van der Waals surface area contributed by atoms with E-state index in [0.717, 1.165) is 22.7 Å². The van der Waals surface area contributed by atoms with Gasteiger partial charge in [-0.15, -0.1) is 0 Å². The Morgan fingerprint density at radius 2 is 1.56 bits per heavy atom. The van der Waals surface area contributed by atoms with Gasteiger partial charge < -0.3 is 9.47 Å². The molecule has 0 radical (unpaired) electrons. The van der Waals surface area contributed by atoms with E-state index >= 15 is 0 Å². The van der Waals surface area contributed by atoms with Crippen molar-refractivity contribution in [3.8, 4) is 11.5 Å². The first-order valence-electron chi connectivity index (χ1n) is 8.89. The van der Waals surface area contributed by atoms with Crippen LogP contribution in [-0.2, 0) is 0 Å². The van der Waals surface area contributed by atoms with Crippen LogP contribution in [0, 0.1) is 20.8 Å². The smallest absolute Gasteiger partial charge is 0.222 e. The molecule has 3 aromatic rings. The molecule has 0 atom stereocenters. The highest BCUT2D eigenvalue weighted by Gasteiger charge is 2.03. The number of hydrogen-bond acceptors (Lipinski definition) is 3. The average molecular weight is 357 g/mol. The topological polar surface area (TPSA) is 30.8 Å². The predicted octanol–water partition coefficient (Wildman–Crippen LogP) is 6.31. The summed E-state index contributed by atoms with van der Waals surface area (Å²) in [6.45, 7) is 6.19. The molecule has 27 heavy (non-hydrogen) atoms. The number of aliphatic imine (C=N–C) groups is 1. The van der Waals surface area contributed by atoms with Crippen LogP contribution in [0.5, 0.6) is 11.5 Å². The fraction of sp³-hybridized carbons (Fsp3) is 0.125. The lowest BCUT2D eigenvalue weighted by Gasteiger charge is -2.08. The molecule has 0 saturated carbocycles. The Kier molecular flexibility index (Phi) is 6.06. The van der Waals surface area contributed by atoms with Crippen LogP contribution in [0.25, 0.3) is 0 Å². The highest BCUT2D eigenvalue weighted by Crippen LogP contribution is 2.19. The van der Waals surface area contributed by atoms with Crippen molar-refractivity contribution in [2.75, 3.05) is 0 Å². The van der Waals surface area contributed by atoms with Gasteiger partial charge in [-0.1, -0.05) is 36.4 Å². The molecule has 0 bridgehead atoms. The Balaban J connectivity index is 1.85. The van der Waals surface area contributed by atoms with Crippen LogP contribution in [0.15, 0.2) is 90.1 Å². The molecule has 3 rings (SSSR count). The van der Waals surface area contributed by atoms with E-state index < -0.39 is 0 Å². The summed E-state index contributed by atoms with van der Waals surface area (Å²) in [4.78, 5) is 4.64. The van der Waals surface area contributed by atoms with Gasteiger partial charge in [0.15, 0.2) is 0 Å². The van der Waals surface area contributed by atoms with Crippen molar-refractivity contribution in [2.45, 2.75) is 20.8 Å². The molecule has 136 valence electrons. The van der Waals surface area contributed by atoms with Crippen LogP contribution in [0.2, 0.25) is 0 Å². The zero-order valence-corrected chi connectivity index (χ0v) is 15.8. The Bertz CT molecular complexity index is 959. The van der Waals surface area contributed by atoms with Crippen LogP contribution >= 0.6 is 0 Å². The second-order valence-corrected chi connectivity index (χ2v) is 6.37. The minimum absolute atomic E-state index is 0.458. The molecule has 3 heteroatoms. The summed E-state index contributed by atoms with van der Waals surface area (Å²) >= 11 is 0. The van der Waals surface area contributed by atoms with Gasteiger partial charge in [0.25, 0.3) is 0 Å². The van der Waals surface area contributed by atoms with Gasteiger partial charge in [0.2, 0.25) is 5.90 Å². The molecule has 3 nitrogen and oxygen atoms in total. The number of para-hydroxylation sites is 1. The van der Waals surface area contributed by atoms with Gasteiger partial charge in [-0.2, -0.15) is 0 Å². The van der Waals surface area contributed by atoms with Gasteiger partial charge in [0.1, 0.15) is 11.5 Å². The second kappa shape index (κ2) is 8.86. The molecule has 0 aliphatic carbocycles. The van der Waals surface area contributed by atoms with E-state index in [9.17, 15) is 0 Å². The van der Waals surface area contributed by atoms with Crippen molar-refractivity contribution < 1.29 is 9.47 Å². The highest BCUT2D eigenvalue weighted by atomic mass is 16.5. The molecule has 0 unspecified atom stereocenters.